The van der Waals surface area contributed by atoms with E-state index in [0.717, 1.165) is 9.13 Å². The number of nitroso groups, excluding NO2 is 1. The molecule has 1 aromatic carbocycles. The molecule has 2 aromatic rings. The van der Waals surface area contributed by atoms with Crippen LogP contribution in [0.5, 0.6) is 0 Å². The summed E-state index contributed by atoms with van der Waals surface area (Å²) in [6, 6.07) is 10.6. The zero-order valence-electron chi connectivity index (χ0n) is 9.22. The third kappa shape index (κ3) is 3.47. The summed E-state index contributed by atoms with van der Waals surface area (Å²) in [5.74, 6) is 0.102. The van der Waals surface area contributed by atoms with Crippen LogP contribution < -0.4 is 5.18 Å². The molecule has 0 bridgehead atoms. The van der Waals surface area contributed by atoms with Gasteiger partial charge >= 0.3 is 5.88 Å². The van der Waals surface area contributed by atoms with Gasteiger partial charge in [0.15, 0.2) is 5.76 Å². The van der Waals surface area contributed by atoms with Gasteiger partial charge in [-0.05, 0) is 46.4 Å². The first-order valence-corrected chi connectivity index (χ1v) is 6.02. The van der Waals surface area contributed by atoms with Gasteiger partial charge in [0.2, 0.25) is 5.78 Å². The fraction of sp³-hybridized carbons (Fsp3) is 0.0833. The molecule has 0 unspecified atom stereocenters. The number of nitrogens with one attached hydrogen (secondary N) is 1. The fourth-order valence-corrected chi connectivity index (χ4v) is 1.78. The number of Topliss-reactive ketones (excluding diaryl/α,β-unsaturated/α-hetero) is 1. The van der Waals surface area contributed by atoms with Crippen LogP contribution in [0.15, 0.2) is 40.8 Å². The molecule has 1 heterocycles. The van der Waals surface area contributed by atoms with Crippen LogP contribution in [0.3, 0.4) is 0 Å². The number of rotatable bonds is 4. The highest BCUT2D eigenvalue weighted by atomic mass is 127. The van der Waals surface area contributed by atoms with Gasteiger partial charge in [-0.25, -0.2) is 0 Å². The molecule has 0 spiro atoms. The first-order chi connectivity index (χ1) is 8.19. The maximum absolute atomic E-state index is 11.8. The molecule has 0 aliphatic rings. The molecule has 0 amide bonds. The number of furan rings is 1. The number of ketones is 1. The summed E-state index contributed by atoms with van der Waals surface area (Å²) in [6.07, 6.45) is 0.267. The third-order valence-electron chi connectivity index (χ3n) is 2.26. The molecule has 0 atom stereocenters. The Hall–Kier alpha value is -1.54. The molecule has 6 heteroatoms. The van der Waals surface area contributed by atoms with Crippen molar-refractivity contribution in [1.29, 1.82) is 0 Å². The molecule has 18 heavy (non-hydrogen) atoms. The van der Waals surface area contributed by atoms with Crippen molar-refractivity contribution in [2.75, 3.05) is 0 Å². The number of hydrogen-bond donors (Lipinski definition) is 1. The average molecular weight is 359 g/mol. The zero-order valence-corrected chi connectivity index (χ0v) is 11.4. The normalized spacial score (nSPS) is 9.61. The molecule has 0 aliphatic heterocycles. The lowest BCUT2D eigenvalue weighted by molar-refractivity contribution is -0.398. The van der Waals surface area contributed by atoms with Crippen LogP contribution in [-0.2, 0) is 6.42 Å². The van der Waals surface area contributed by atoms with Crippen LogP contribution >= 0.6 is 22.6 Å². The monoisotopic (exact) mass is 359 g/mol. The van der Waals surface area contributed by atoms with Gasteiger partial charge in [-0.1, -0.05) is 12.1 Å². The van der Waals surface area contributed by atoms with E-state index in [-0.39, 0.29) is 29.3 Å². The highest BCUT2D eigenvalue weighted by molar-refractivity contribution is 14.1. The second-order valence-corrected chi connectivity index (χ2v) is 4.74. The zero-order chi connectivity index (χ0) is 12.3. The number of benzene rings is 1. The second kappa shape index (κ2) is 6.41. The summed E-state index contributed by atoms with van der Waals surface area (Å²) in [6.45, 7) is 0. The van der Waals surface area contributed by atoms with Crippen molar-refractivity contribution in [3.05, 3.63) is 56.2 Å². The van der Waals surface area contributed by atoms with E-state index in [1.165, 1.54) is 12.1 Å². The minimum atomic E-state index is -0.146. The molecule has 0 radical (unpaired) electrons. The van der Waals surface area contributed by atoms with E-state index in [9.17, 15) is 9.70 Å². The minimum Gasteiger partial charge on any atom is -0.870 e. The third-order valence-corrected chi connectivity index (χ3v) is 2.98. The Balaban J connectivity index is 0.00000162. The summed E-state index contributed by atoms with van der Waals surface area (Å²) in [5.41, 5.74) is 0.920. The van der Waals surface area contributed by atoms with E-state index in [2.05, 4.69) is 22.6 Å². The second-order valence-electron chi connectivity index (χ2n) is 3.49. The van der Waals surface area contributed by atoms with Crippen molar-refractivity contribution >= 4 is 34.3 Å². The lowest BCUT2D eigenvalue weighted by atomic mass is 10.1. The van der Waals surface area contributed by atoms with E-state index in [1.54, 1.807) is 5.18 Å². The van der Waals surface area contributed by atoms with Gasteiger partial charge in [0.1, 0.15) is 0 Å². The summed E-state index contributed by atoms with van der Waals surface area (Å²) in [5, 5.41) is 1.60. The summed E-state index contributed by atoms with van der Waals surface area (Å²) in [4.78, 5) is 22.1. The van der Waals surface area contributed by atoms with Gasteiger partial charge in [-0.3, -0.25) is 4.79 Å². The Morgan fingerprint density at radius 1 is 1.17 bits per heavy atom. The molecule has 0 saturated carbocycles. The predicted octanol–water partition coefficient (Wildman–Crippen LogP) is 1.61. The fourth-order valence-electron chi connectivity index (χ4n) is 1.42. The molecule has 0 fully saturated rings. The van der Waals surface area contributed by atoms with E-state index in [4.69, 9.17) is 4.42 Å². The van der Waals surface area contributed by atoms with Crippen LogP contribution in [0.1, 0.15) is 16.1 Å². The largest absolute Gasteiger partial charge is 0.870 e. The molecular formula is C12H10INO4. The van der Waals surface area contributed by atoms with Crippen molar-refractivity contribution in [2.24, 2.45) is 0 Å². The molecule has 0 saturated heterocycles. The van der Waals surface area contributed by atoms with Gasteiger partial charge in [0.25, 0.3) is 0 Å². The van der Waals surface area contributed by atoms with Crippen molar-refractivity contribution < 1.29 is 19.9 Å². The number of hydrogen-bond acceptors (Lipinski definition) is 4. The van der Waals surface area contributed by atoms with Gasteiger partial charge in [-0.2, -0.15) is 0 Å². The predicted molar refractivity (Wildman–Crippen MR) is 71.8 cm³/mol. The Morgan fingerprint density at radius 3 is 2.39 bits per heavy atom. The standard InChI is InChI=1S/C12H8INO3.H2O/c13-9-3-1-8(2-4-9)7-10(15)11-5-6-12(14-16)17-11;/h1-6H,7H2;1H2. The van der Waals surface area contributed by atoms with Crippen molar-refractivity contribution in [3.8, 4) is 0 Å². The summed E-state index contributed by atoms with van der Waals surface area (Å²) < 4.78 is 6.14. The maximum atomic E-state index is 11.8. The molecule has 5 nitrogen and oxygen atoms in total. The molecule has 94 valence electrons. The first kappa shape index (κ1) is 14.5. The van der Waals surface area contributed by atoms with Gasteiger partial charge < -0.3 is 9.89 Å². The lowest BCUT2D eigenvalue weighted by Crippen LogP contribution is -2.55. The van der Waals surface area contributed by atoms with Crippen LogP contribution in [0.25, 0.3) is 0 Å². The van der Waals surface area contributed by atoms with Gasteiger partial charge in [0.05, 0.1) is 11.2 Å². The average Bonchev–Trinajstić information content (AvgIpc) is 2.81. The van der Waals surface area contributed by atoms with E-state index >= 15 is 0 Å². The lowest BCUT2D eigenvalue weighted by Gasteiger charge is -1.98. The highest BCUT2D eigenvalue weighted by Gasteiger charge is 2.14. The summed E-state index contributed by atoms with van der Waals surface area (Å²) in [7, 11) is 0. The Kier molecular flexibility index (Phi) is 5.17. The van der Waals surface area contributed by atoms with Crippen LogP contribution in [0, 0.1) is 8.48 Å². The SMILES string of the molecule is O=[NH+]c1ccc(C(=O)Cc2ccc(I)cc2)o1.[OH-]. The van der Waals surface area contributed by atoms with Crippen LogP contribution in [0.2, 0.25) is 0 Å². The van der Waals surface area contributed by atoms with Crippen molar-refractivity contribution in [1.82, 2.24) is 0 Å². The minimum absolute atomic E-state index is 0. The Labute approximate surface area is 117 Å². The van der Waals surface area contributed by atoms with Crippen molar-refractivity contribution in [2.45, 2.75) is 6.42 Å². The topological polar surface area (TPSA) is 91.2 Å². The molecule has 2 N–H and O–H groups in total. The van der Waals surface area contributed by atoms with Crippen molar-refractivity contribution in [3.63, 3.8) is 0 Å². The number of carbonyl (C=O) groups is 1. The van der Waals surface area contributed by atoms with E-state index < -0.39 is 0 Å². The maximum Gasteiger partial charge on any atom is 0.418 e. The molecular weight excluding hydrogens is 349 g/mol. The van der Waals surface area contributed by atoms with Crippen LogP contribution in [-0.4, -0.2) is 11.3 Å². The smallest absolute Gasteiger partial charge is 0.418 e. The Morgan fingerprint density at radius 2 is 1.83 bits per heavy atom. The first-order valence-electron chi connectivity index (χ1n) is 4.94. The quantitative estimate of drug-likeness (QED) is 0.663. The molecule has 0 aliphatic carbocycles. The molecule has 2 rings (SSSR count). The van der Waals surface area contributed by atoms with Crippen LogP contribution in [0.4, 0.5) is 5.88 Å². The van der Waals surface area contributed by atoms with Gasteiger partial charge in [0, 0.05) is 14.9 Å². The summed E-state index contributed by atoms with van der Waals surface area (Å²) >= 11 is 2.20. The van der Waals surface area contributed by atoms with Gasteiger partial charge in [-0.15, -0.1) is 0 Å². The highest BCUT2D eigenvalue weighted by Crippen LogP contribution is 2.13. The van der Waals surface area contributed by atoms with E-state index in [0.29, 0.717) is 0 Å². The number of halogens is 1. The molecule has 1 aromatic heterocycles. The number of carbonyl (C=O) groups excluding carboxylic acids is 1. The van der Waals surface area contributed by atoms with E-state index in [1.807, 2.05) is 24.3 Å². The Bertz CT molecular complexity index is 547.